The lowest BCUT2D eigenvalue weighted by atomic mass is 9.98. The molecule has 0 saturated carbocycles. The largest absolute Gasteiger partial charge is 0.461 e. The minimum Gasteiger partial charge on any atom is -0.461 e. The molecular formula is C22H25NO5S. The Kier molecular flexibility index (Phi) is 6.49. The van der Waals surface area contributed by atoms with Gasteiger partial charge < -0.3 is 4.74 Å². The molecule has 29 heavy (non-hydrogen) atoms. The highest BCUT2D eigenvalue weighted by molar-refractivity contribution is 7.89. The minimum absolute atomic E-state index is 0.102. The van der Waals surface area contributed by atoms with E-state index in [2.05, 4.69) is 0 Å². The number of sulfonamides is 1. The van der Waals surface area contributed by atoms with Gasteiger partial charge in [0, 0.05) is 18.7 Å². The SMILES string of the molecule is CC(=O)c1cccc(S(=O)(=O)N2CCC(C(=O)OCc3cccc(C)c3)CC2)c1. The topological polar surface area (TPSA) is 80.8 Å². The number of hydrogen-bond acceptors (Lipinski definition) is 5. The van der Waals surface area contributed by atoms with Gasteiger partial charge in [-0.2, -0.15) is 4.31 Å². The van der Waals surface area contributed by atoms with Crippen LogP contribution < -0.4 is 0 Å². The maximum atomic E-state index is 12.9. The number of benzene rings is 2. The molecule has 1 saturated heterocycles. The minimum atomic E-state index is -3.70. The third kappa shape index (κ3) is 5.10. The summed E-state index contributed by atoms with van der Waals surface area (Å²) in [6.45, 7) is 4.09. The van der Waals surface area contributed by atoms with Crippen molar-refractivity contribution in [3.05, 3.63) is 65.2 Å². The third-order valence-electron chi connectivity index (χ3n) is 5.13. The van der Waals surface area contributed by atoms with Crippen LogP contribution in [0.4, 0.5) is 0 Å². The number of Topliss-reactive ketones (excluding diaryl/α,β-unsaturated/α-hetero) is 1. The van der Waals surface area contributed by atoms with Gasteiger partial charge in [0.15, 0.2) is 5.78 Å². The molecular weight excluding hydrogens is 390 g/mol. The highest BCUT2D eigenvalue weighted by atomic mass is 32.2. The molecule has 0 radical (unpaired) electrons. The molecule has 0 aliphatic carbocycles. The number of nitrogens with zero attached hydrogens (tertiary/aromatic N) is 1. The first kappa shape index (κ1) is 21.2. The van der Waals surface area contributed by atoms with E-state index in [0.717, 1.165) is 11.1 Å². The molecule has 0 aromatic heterocycles. The molecule has 1 aliphatic heterocycles. The number of esters is 1. The predicted octanol–water partition coefficient (Wildman–Crippen LogP) is 3.34. The summed E-state index contributed by atoms with van der Waals surface area (Å²) in [5.41, 5.74) is 2.40. The molecule has 0 atom stereocenters. The van der Waals surface area contributed by atoms with Crippen molar-refractivity contribution >= 4 is 21.8 Å². The van der Waals surface area contributed by atoms with Gasteiger partial charge in [0.2, 0.25) is 10.0 Å². The Morgan fingerprint density at radius 1 is 1.07 bits per heavy atom. The number of ether oxygens (including phenoxy) is 1. The second-order valence-electron chi connectivity index (χ2n) is 7.36. The zero-order valence-corrected chi connectivity index (χ0v) is 17.4. The molecule has 2 aromatic rings. The highest BCUT2D eigenvalue weighted by Gasteiger charge is 2.33. The number of piperidine rings is 1. The van der Waals surface area contributed by atoms with Crippen LogP contribution in [-0.4, -0.2) is 37.6 Å². The van der Waals surface area contributed by atoms with Crippen molar-refractivity contribution in [1.82, 2.24) is 4.31 Å². The van der Waals surface area contributed by atoms with E-state index in [4.69, 9.17) is 4.74 Å². The van der Waals surface area contributed by atoms with Gasteiger partial charge in [0.05, 0.1) is 10.8 Å². The second-order valence-corrected chi connectivity index (χ2v) is 9.30. The van der Waals surface area contributed by atoms with Crippen molar-refractivity contribution in [3.8, 4) is 0 Å². The van der Waals surface area contributed by atoms with Crippen LogP contribution in [0.15, 0.2) is 53.4 Å². The summed E-state index contributed by atoms with van der Waals surface area (Å²) >= 11 is 0. The molecule has 0 unspecified atom stereocenters. The predicted molar refractivity (Wildman–Crippen MR) is 109 cm³/mol. The zero-order chi connectivity index (χ0) is 21.0. The maximum Gasteiger partial charge on any atom is 0.309 e. The lowest BCUT2D eigenvalue weighted by Crippen LogP contribution is -2.40. The fraction of sp³-hybridized carbons (Fsp3) is 0.364. The number of aryl methyl sites for hydroxylation is 1. The van der Waals surface area contributed by atoms with E-state index in [-0.39, 0.29) is 42.3 Å². The summed E-state index contributed by atoms with van der Waals surface area (Å²) < 4.78 is 32.6. The van der Waals surface area contributed by atoms with Gasteiger partial charge in [0.25, 0.3) is 0 Å². The molecule has 0 spiro atoms. The molecule has 2 aromatic carbocycles. The normalized spacial score (nSPS) is 15.8. The van der Waals surface area contributed by atoms with Crippen molar-refractivity contribution < 1.29 is 22.7 Å². The third-order valence-corrected chi connectivity index (χ3v) is 7.02. The Bertz CT molecular complexity index is 1010. The van der Waals surface area contributed by atoms with Gasteiger partial charge in [-0.3, -0.25) is 9.59 Å². The summed E-state index contributed by atoms with van der Waals surface area (Å²) in [4.78, 5) is 24.0. The molecule has 1 heterocycles. The summed E-state index contributed by atoms with van der Waals surface area (Å²) in [6.07, 6.45) is 0.830. The first-order valence-corrected chi connectivity index (χ1v) is 11.0. The fourth-order valence-corrected chi connectivity index (χ4v) is 4.95. The second kappa shape index (κ2) is 8.88. The Morgan fingerprint density at radius 3 is 2.41 bits per heavy atom. The summed E-state index contributed by atoms with van der Waals surface area (Å²) in [5, 5.41) is 0. The van der Waals surface area contributed by atoms with Crippen LogP contribution in [0.1, 0.15) is 41.3 Å². The quantitative estimate of drug-likeness (QED) is 0.534. The molecule has 1 aliphatic rings. The van der Waals surface area contributed by atoms with E-state index in [1.165, 1.54) is 23.4 Å². The monoisotopic (exact) mass is 415 g/mol. The average molecular weight is 416 g/mol. The van der Waals surface area contributed by atoms with E-state index in [0.29, 0.717) is 18.4 Å². The molecule has 0 amide bonds. The van der Waals surface area contributed by atoms with E-state index in [1.54, 1.807) is 12.1 Å². The molecule has 154 valence electrons. The van der Waals surface area contributed by atoms with Crippen molar-refractivity contribution in [2.45, 2.75) is 38.2 Å². The van der Waals surface area contributed by atoms with Crippen LogP contribution in [0.2, 0.25) is 0 Å². The van der Waals surface area contributed by atoms with Crippen molar-refractivity contribution in [3.63, 3.8) is 0 Å². The fourth-order valence-electron chi connectivity index (χ4n) is 3.43. The van der Waals surface area contributed by atoms with E-state index >= 15 is 0 Å². The summed E-state index contributed by atoms with van der Waals surface area (Å²) in [5.74, 6) is -0.783. The van der Waals surface area contributed by atoms with Gasteiger partial charge in [0.1, 0.15) is 6.61 Å². The summed E-state index contributed by atoms with van der Waals surface area (Å²) in [7, 11) is -3.70. The van der Waals surface area contributed by atoms with Crippen LogP contribution in [0.25, 0.3) is 0 Å². The number of carbonyl (C=O) groups is 2. The molecule has 7 heteroatoms. The Morgan fingerprint density at radius 2 is 1.76 bits per heavy atom. The lowest BCUT2D eigenvalue weighted by molar-refractivity contribution is -0.151. The molecule has 0 bridgehead atoms. The first-order chi connectivity index (χ1) is 13.8. The zero-order valence-electron chi connectivity index (χ0n) is 16.6. The Labute approximate surface area is 171 Å². The lowest BCUT2D eigenvalue weighted by Gasteiger charge is -2.30. The standard InChI is InChI=1S/C22H25NO5S/c1-16-5-3-6-18(13-16)15-28-22(25)19-9-11-23(12-10-19)29(26,27)21-8-4-7-20(14-21)17(2)24/h3-8,13-14,19H,9-12,15H2,1-2H3. The average Bonchev–Trinajstić information content (AvgIpc) is 2.72. The Hall–Kier alpha value is -2.51. The van der Waals surface area contributed by atoms with E-state index < -0.39 is 10.0 Å². The van der Waals surface area contributed by atoms with Crippen LogP contribution in [0.3, 0.4) is 0 Å². The smallest absolute Gasteiger partial charge is 0.309 e. The molecule has 6 nitrogen and oxygen atoms in total. The van der Waals surface area contributed by atoms with Crippen LogP contribution >= 0.6 is 0 Å². The molecule has 1 fully saturated rings. The van der Waals surface area contributed by atoms with E-state index in [9.17, 15) is 18.0 Å². The van der Waals surface area contributed by atoms with Crippen LogP contribution in [0.5, 0.6) is 0 Å². The highest BCUT2D eigenvalue weighted by Crippen LogP contribution is 2.25. The number of carbonyl (C=O) groups excluding carboxylic acids is 2. The van der Waals surface area contributed by atoms with Gasteiger partial charge in [-0.25, -0.2) is 8.42 Å². The maximum absolute atomic E-state index is 12.9. The number of ketones is 1. The van der Waals surface area contributed by atoms with E-state index in [1.807, 2.05) is 31.2 Å². The Balaban J connectivity index is 1.58. The van der Waals surface area contributed by atoms with Gasteiger partial charge >= 0.3 is 5.97 Å². The van der Waals surface area contributed by atoms with Gasteiger partial charge in [-0.05, 0) is 44.4 Å². The van der Waals surface area contributed by atoms with Crippen molar-refractivity contribution in [2.75, 3.05) is 13.1 Å². The number of hydrogen-bond donors (Lipinski definition) is 0. The summed E-state index contributed by atoms with van der Waals surface area (Å²) in [6, 6.07) is 13.8. The molecule has 0 N–H and O–H groups in total. The van der Waals surface area contributed by atoms with Crippen molar-refractivity contribution in [1.29, 1.82) is 0 Å². The van der Waals surface area contributed by atoms with Crippen molar-refractivity contribution in [2.24, 2.45) is 5.92 Å². The van der Waals surface area contributed by atoms with Crippen LogP contribution in [0, 0.1) is 12.8 Å². The first-order valence-electron chi connectivity index (χ1n) is 9.60. The van der Waals surface area contributed by atoms with Gasteiger partial charge in [-0.1, -0.05) is 42.0 Å². The van der Waals surface area contributed by atoms with Crippen LogP contribution in [-0.2, 0) is 26.2 Å². The molecule has 3 rings (SSSR count). The number of rotatable bonds is 6. The van der Waals surface area contributed by atoms with Gasteiger partial charge in [-0.15, -0.1) is 0 Å².